The predicted octanol–water partition coefficient (Wildman–Crippen LogP) is 6.71. The van der Waals surface area contributed by atoms with Crippen LogP contribution in [0.15, 0.2) is 174 Å². The molecular formula is C49H52N2O8Si. The lowest BCUT2D eigenvalue weighted by Crippen LogP contribution is -2.70. The summed E-state index contributed by atoms with van der Waals surface area (Å²) in [5, 5.41) is 14.9. The Labute approximate surface area is 351 Å². The van der Waals surface area contributed by atoms with Crippen LogP contribution < -0.4 is 31.1 Å². The van der Waals surface area contributed by atoms with Crippen LogP contribution in [0.2, 0.25) is 5.04 Å². The number of methoxy groups -OCH3 is 2. The Morgan fingerprint density at radius 1 is 0.750 bits per heavy atom. The third kappa shape index (κ3) is 7.70. The quantitative estimate of drug-likeness (QED) is 0.0667. The van der Waals surface area contributed by atoms with E-state index in [1.54, 1.807) is 20.3 Å². The van der Waals surface area contributed by atoms with Crippen molar-refractivity contribution in [2.24, 2.45) is 0 Å². The van der Waals surface area contributed by atoms with E-state index >= 15 is 0 Å². The SMILES string of the molecule is C=CC[C@]1(O)[C@@H](COC(c2ccccc2)(c2ccc(OC)cc2)c2ccc(OC)cc2)O[C@@H](n2ccc(=O)[nH]c2=O)[C@@H]1O[Si](c1ccccc1)(c1ccccc1)C(C)(C)C. The summed E-state index contributed by atoms with van der Waals surface area (Å²) < 4.78 is 34.3. The topological polar surface area (TPSA) is 121 Å². The van der Waals surface area contributed by atoms with Crippen LogP contribution >= 0.6 is 0 Å². The molecule has 7 rings (SSSR count). The van der Waals surface area contributed by atoms with Crippen LogP contribution in [-0.4, -0.2) is 61.6 Å². The van der Waals surface area contributed by atoms with E-state index in [1.165, 1.54) is 16.8 Å². The van der Waals surface area contributed by atoms with Crippen molar-refractivity contribution in [2.75, 3.05) is 20.8 Å². The van der Waals surface area contributed by atoms with E-state index in [9.17, 15) is 14.7 Å². The fraction of sp³-hybridized carbons (Fsp3) is 0.265. The van der Waals surface area contributed by atoms with Gasteiger partial charge in [-0.05, 0) is 62.8 Å². The Morgan fingerprint density at radius 3 is 1.68 bits per heavy atom. The highest BCUT2D eigenvalue weighted by Gasteiger charge is 2.62. The van der Waals surface area contributed by atoms with Gasteiger partial charge in [-0.1, -0.05) is 142 Å². The minimum Gasteiger partial charge on any atom is -0.497 e. The summed E-state index contributed by atoms with van der Waals surface area (Å²) in [6, 6.07) is 46.6. The Hall–Kier alpha value is -5.82. The summed E-state index contributed by atoms with van der Waals surface area (Å²) in [6.07, 6.45) is -0.444. The second kappa shape index (κ2) is 17.4. The van der Waals surface area contributed by atoms with Gasteiger partial charge in [-0.25, -0.2) is 4.79 Å². The maximum atomic E-state index is 13.8. The average Bonchev–Trinajstić information content (AvgIpc) is 3.53. The van der Waals surface area contributed by atoms with Gasteiger partial charge in [-0.15, -0.1) is 6.58 Å². The Kier molecular flexibility index (Phi) is 12.3. The monoisotopic (exact) mass is 824 g/mol. The van der Waals surface area contributed by atoms with Crippen molar-refractivity contribution >= 4 is 18.7 Å². The zero-order valence-corrected chi connectivity index (χ0v) is 35.6. The summed E-state index contributed by atoms with van der Waals surface area (Å²) in [4.78, 5) is 28.6. The molecule has 6 aromatic rings. The molecule has 0 bridgehead atoms. The van der Waals surface area contributed by atoms with Gasteiger partial charge in [-0.3, -0.25) is 14.3 Å². The van der Waals surface area contributed by atoms with Crippen molar-refractivity contribution in [1.82, 2.24) is 9.55 Å². The summed E-state index contributed by atoms with van der Waals surface area (Å²) in [6.45, 7) is 10.3. The van der Waals surface area contributed by atoms with Gasteiger partial charge < -0.3 is 28.5 Å². The van der Waals surface area contributed by atoms with Crippen molar-refractivity contribution in [3.8, 4) is 11.5 Å². The lowest BCUT2D eigenvalue weighted by molar-refractivity contribution is -0.123. The minimum atomic E-state index is -3.43. The van der Waals surface area contributed by atoms with Crippen LogP contribution in [0.25, 0.3) is 0 Å². The molecule has 10 nitrogen and oxygen atoms in total. The van der Waals surface area contributed by atoms with E-state index in [4.69, 9.17) is 23.4 Å². The standard InChI is InChI=1S/C49H52N2O8Si/c1-7-32-48(54)42(34-57-49(35-17-11-8-12-18-35,36-23-27-38(55-5)28-24-36)37-25-29-39(56-6)30-26-37)58-45(51-33-31-43(52)50-46(51)53)44(48)59-60(47(2,3)4,40-19-13-9-14-20-40)41-21-15-10-16-22-41/h7-31,33,42,44-45,54H,1,32,34H2,2-6H3,(H,50,52,53)/t42-,44+,45-,48+/m1/s1. The van der Waals surface area contributed by atoms with E-state index in [-0.39, 0.29) is 13.0 Å². The van der Waals surface area contributed by atoms with Crippen molar-refractivity contribution in [3.63, 3.8) is 0 Å². The largest absolute Gasteiger partial charge is 0.497 e. The number of benzene rings is 5. The number of aliphatic hydroxyl groups is 1. The molecule has 4 atom stereocenters. The van der Waals surface area contributed by atoms with Crippen LogP contribution in [0.4, 0.5) is 0 Å². The molecular weight excluding hydrogens is 773 g/mol. The fourth-order valence-corrected chi connectivity index (χ4v) is 13.3. The number of H-pyrrole nitrogens is 1. The highest BCUT2D eigenvalue weighted by atomic mass is 28.4. The molecule has 5 aromatic carbocycles. The molecule has 1 aromatic heterocycles. The highest BCUT2D eigenvalue weighted by Crippen LogP contribution is 2.48. The maximum absolute atomic E-state index is 13.8. The minimum absolute atomic E-state index is 0.0158. The predicted molar refractivity (Wildman–Crippen MR) is 236 cm³/mol. The maximum Gasteiger partial charge on any atom is 0.330 e. The molecule has 0 aliphatic carbocycles. The summed E-state index contributed by atoms with van der Waals surface area (Å²) >= 11 is 0. The van der Waals surface area contributed by atoms with Crippen LogP contribution in [0.3, 0.4) is 0 Å². The average molecular weight is 825 g/mol. The number of aromatic nitrogens is 2. The molecule has 0 unspecified atom stereocenters. The van der Waals surface area contributed by atoms with Gasteiger partial charge in [0.25, 0.3) is 13.9 Å². The number of hydrogen-bond donors (Lipinski definition) is 2. The van der Waals surface area contributed by atoms with E-state index in [0.29, 0.717) is 11.5 Å². The number of nitrogens with one attached hydrogen (secondary N) is 1. The molecule has 1 aliphatic rings. The summed E-state index contributed by atoms with van der Waals surface area (Å²) in [5.41, 5.74) is -1.94. The third-order valence-corrected chi connectivity index (χ3v) is 16.6. The van der Waals surface area contributed by atoms with Gasteiger partial charge in [0.15, 0.2) is 6.23 Å². The smallest absolute Gasteiger partial charge is 0.330 e. The van der Waals surface area contributed by atoms with Gasteiger partial charge >= 0.3 is 5.69 Å². The first-order valence-electron chi connectivity index (χ1n) is 20.0. The molecule has 2 N–H and O–H groups in total. The van der Waals surface area contributed by atoms with Crippen molar-refractivity contribution in [1.29, 1.82) is 0 Å². The number of hydrogen-bond acceptors (Lipinski definition) is 8. The number of ether oxygens (including phenoxy) is 4. The lowest BCUT2D eigenvalue weighted by atomic mass is 9.79. The van der Waals surface area contributed by atoms with E-state index in [0.717, 1.165) is 27.1 Å². The van der Waals surface area contributed by atoms with Crippen LogP contribution in [0.5, 0.6) is 11.5 Å². The Morgan fingerprint density at radius 2 is 1.23 bits per heavy atom. The lowest BCUT2D eigenvalue weighted by Gasteiger charge is -2.47. The van der Waals surface area contributed by atoms with Crippen LogP contribution in [0, 0.1) is 0 Å². The zero-order valence-electron chi connectivity index (χ0n) is 34.6. The molecule has 1 saturated heterocycles. The van der Waals surface area contributed by atoms with Gasteiger partial charge in [-0.2, -0.15) is 0 Å². The molecule has 60 heavy (non-hydrogen) atoms. The van der Waals surface area contributed by atoms with Crippen LogP contribution in [0.1, 0.15) is 50.1 Å². The first kappa shape index (κ1) is 42.3. The molecule has 0 spiro atoms. The normalized spacial score (nSPS) is 19.5. The highest BCUT2D eigenvalue weighted by molar-refractivity contribution is 6.99. The second-order valence-electron chi connectivity index (χ2n) is 16.0. The molecule has 0 radical (unpaired) electrons. The molecule has 2 heterocycles. The molecule has 1 fully saturated rings. The van der Waals surface area contributed by atoms with Crippen molar-refractivity contribution in [3.05, 3.63) is 202 Å². The summed E-state index contributed by atoms with van der Waals surface area (Å²) in [5.74, 6) is 1.35. The molecule has 11 heteroatoms. The summed E-state index contributed by atoms with van der Waals surface area (Å²) in [7, 11) is -0.191. The Balaban J connectivity index is 1.43. The first-order chi connectivity index (χ1) is 28.9. The van der Waals surface area contributed by atoms with Gasteiger partial charge in [0.05, 0.1) is 20.8 Å². The third-order valence-electron chi connectivity index (χ3n) is 11.6. The molecule has 0 saturated carbocycles. The van der Waals surface area contributed by atoms with Gasteiger partial charge in [0.1, 0.15) is 34.9 Å². The van der Waals surface area contributed by atoms with Crippen LogP contribution in [-0.2, 0) is 19.5 Å². The van der Waals surface area contributed by atoms with Crippen molar-refractivity contribution < 1.29 is 28.5 Å². The molecule has 1 aliphatic heterocycles. The van der Waals surface area contributed by atoms with Crippen molar-refractivity contribution in [2.45, 2.75) is 61.9 Å². The number of aromatic amines is 1. The molecule has 310 valence electrons. The van der Waals surface area contributed by atoms with E-state index in [2.05, 4.69) is 56.6 Å². The van der Waals surface area contributed by atoms with E-state index < -0.39 is 54.2 Å². The fourth-order valence-electron chi connectivity index (χ4n) is 8.61. The molecule has 0 amide bonds. The Bertz CT molecular complexity index is 2380. The number of rotatable bonds is 15. The zero-order chi connectivity index (χ0) is 42.5. The van der Waals surface area contributed by atoms with E-state index in [1.807, 2.05) is 115 Å². The van der Waals surface area contributed by atoms with Gasteiger partial charge in [0.2, 0.25) is 0 Å². The first-order valence-corrected chi connectivity index (χ1v) is 21.9. The van der Waals surface area contributed by atoms with Gasteiger partial charge in [0, 0.05) is 12.3 Å². The number of nitrogens with zero attached hydrogens (tertiary/aromatic N) is 1. The second-order valence-corrected chi connectivity index (χ2v) is 20.3.